The maximum absolute atomic E-state index is 11.4. The minimum absolute atomic E-state index is 0.208. The molecule has 1 aromatic heterocycles. The summed E-state index contributed by atoms with van der Waals surface area (Å²) in [7, 11) is -2.89. The van der Waals surface area contributed by atoms with Crippen molar-refractivity contribution in [3.05, 3.63) is 17.7 Å². The number of sulfone groups is 1. The zero-order valence-corrected chi connectivity index (χ0v) is 10.3. The molecule has 0 amide bonds. The molecule has 2 rings (SSSR count). The van der Waals surface area contributed by atoms with E-state index in [0.29, 0.717) is 6.54 Å². The Morgan fingerprint density at radius 3 is 3.12 bits per heavy atom. The maximum atomic E-state index is 11.4. The van der Waals surface area contributed by atoms with E-state index < -0.39 is 9.84 Å². The van der Waals surface area contributed by atoms with E-state index in [1.165, 1.54) is 5.69 Å². The summed E-state index contributed by atoms with van der Waals surface area (Å²) in [6, 6.07) is 0. The van der Waals surface area contributed by atoms with Crippen molar-refractivity contribution in [1.82, 2.24) is 14.9 Å². The van der Waals surface area contributed by atoms with E-state index in [4.69, 9.17) is 0 Å². The van der Waals surface area contributed by atoms with Crippen molar-refractivity contribution in [2.75, 3.05) is 18.1 Å². The first-order valence-corrected chi connectivity index (χ1v) is 7.38. The predicted octanol–water partition coefficient (Wildman–Crippen LogP) is -0.0365. The van der Waals surface area contributed by atoms with E-state index in [2.05, 4.69) is 10.3 Å². The summed E-state index contributed by atoms with van der Waals surface area (Å²) in [5.74, 6) is 0.422. The molecule has 0 unspecified atom stereocenters. The molecular weight excluding hydrogens is 226 g/mol. The summed E-state index contributed by atoms with van der Waals surface area (Å²) in [6.07, 6.45) is 2.68. The molecule has 16 heavy (non-hydrogen) atoms. The van der Waals surface area contributed by atoms with Crippen LogP contribution in [0, 0.1) is 0 Å². The summed E-state index contributed by atoms with van der Waals surface area (Å²) in [5.41, 5.74) is 2.24. The minimum atomic E-state index is -2.89. The Hall–Kier alpha value is -0.880. The van der Waals surface area contributed by atoms with Gasteiger partial charge in [-0.25, -0.2) is 13.4 Å². The van der Waals surface area contributed by atoms with Crippen LogP contribution in [-0.2, 0) is 29.3 Å². The molecule has 0 bridgehead atoms. The van der Waals surface area contributed by atoms with Gasteiger partial charge in [-0.2, -0.15) is 0 Å². The molecule has 0 saturated carbocycles. The van der Waals surface area contributed by atoms with Gasteiger partial charge in [-0.05, 0) is 0 Å². The molecule has 1 N–H and O–H groups in total. The third-order valence-corrected chi connectivity index (χ3v) is 4.63. The molecule has 0 radical (unpaired) electrons. The fourth-order valence-electron chi connectivity index (χ4n) is 1.87. The Morgan fingerprint density at radius 1 is 1.56 bits per heavy atom. The van der Waals surface area contributed by atoms with Crippen LogP contribution in [0.3, 0.4) is 0 Å². The number of aryl methyl sites for hydroxylation is 1. The highest BCUT2D eigenvalue weighted by atomic mass is 32.2. The Labute approximate surface area is 95.8 Å². The van der Waals surface area contributed by atoms with Gasteiger partial charge in [0.1, 0.15) is 0 Å². The lowest BCUT2D eigenvalue weighted by Gasteiger charge is -2.15. The Bertz CT molecular complexity index is 464. The largest absolute Gasteiger partial charge is 0.333 e. The molecule has 1 aromatic rings. The summed E-state index contributed by atoms with van der Waals surface area (Å²) in [4.78, 5) is 4.29. The van der Waals surface area contributed by atoms with E-state index in [1.807, 2.05) is 4.57 Å². The zero-order chi connectivity index (χ0) is 11.6. The van der Waals surface area contributed by atoms with Crippen molar-refractivity contribution < 1.29 is 8.42 Å². The van der Waals surface area contributed by atoms with E-state index in [9.17, 15) is 8.42 Å². The number of hydrogen-bond acceptors (Lipinski definition) is 4. The van der Waals surface area contributed by atoms with Crippen molar-refractivity contribution in [1.29, 1.82) is 0 Å². The van der Waals surface area contributed by atoms with Crippen molar-refractivity contribution in [2.45, 2.75) is 26.4 Å². The molecule has 0 saturated heterocycles. The lowest BCUT2D eigenvalue weighted by atomic mass is 10.2. The summed E-state index contributed by atoms with van der Waals surface area (Å²) < 4.78 is 24.8. The van der Waals surface area contributed by atoms with Crippen LogP contribution >= 0.6 is 0 Å². The summed E-state index contributed by atoms with van der Waals surface area (Å²) >= 11 is 0. The molecule has 5 nitrogen and oxygen atoms in total. The third kappa shape index (κ3) is 2.44. The topological polar surface area (TPSA) is 64.0 Å². The van der Waals surface area contributed by atoms with Crippen LogP contribution in [-0.4, -0.2) is 36.0 Å². The number of imidazole rings is 1. The highest BCUT2D eigenvalue weighted by Gasteiger charge is 2.16. The zero-order valence-electron chi connectivity index (χ0n) is 9.44. The molecule has 0 atom stereocenters. The van der Waals surface area contributed by atoms with Gasteiger partial charge in [0, 0.05) is 37.5 Å². The SMILES string of the molecule is CCS(=O)(=O)CCn1cnc2c1CCNC2. The molecule has 6 heteroatoms. The molecule has 1 aliphatic heterocycles. The van der Waals surface area contributed by atoms with Crippen molar-refractivity contribution >= 4 is 9.84 Å². The Kier molecular flexibility index (Phi) is 3.30. The van der Waals surface area contributed by atoms with E-state index >= 15 is 0 Å². The van der Waals surface area contributed by atoms with Crippen LogP contribution in [0.1, 0.15) is 18.3 Å². The monoisotopic (exact) mass is 243 g/mol. The second-order valence-corrected chi connectivity index (χ2v) is 6.47. The average molecular weight is 243 g/mol. The summed E-state index contributed by atoms with van der Waals surface area (Å²) in [6.45, 7) is 3.95. The van der Waals surface area contributed by atoms with Gasteiger partial charge < -0.3 is 9.88 Å². The highest BCUT2D eigenvalue weighted by molar-refractivity contribution is 7.91. The third-order valence-electron chi connectivity index (χ3n) is 2.95. The number of hydrogen-bond donors (Lipinski definition) is 1. The maximum Gasteiger partial charge on any atom is 0.151 e. The normalized spacial score (nSPS) is 16.1. The van der Waals surface area contributed by atoms with Gasteiger partial charge in [0.25, 0.3) is 0 Å². The van der Waals surface area contributed by atoms with Crippen molar-refractivity contribution in [2.24, 2.45) is 0 Å². The van der Waals surface area contributed by atoms with Crippen LogP contribution in [0.15, 0.2) is 6.33 Å². The molecule has 2 heterocycles. The van der Waals surface area contributed by atoms with Crippen LogP contribution in [0.4, 0.5) is 0 Å². The van der Waals surface area contributed by atoms with Gasteiger partial charge in [-0.1, -0.05) is 6.92 Å². The fourth-order valence-corrected chi connectivity index (χ4v) is 2.64. The van der Waals surface area contributed by atoms with Crippen LogP contribution in [0.2, 0.25) is 0 Å². The highest BCUT2D eigenvalue weighted by Crippen LogP contribution is 2.12. The molecule has 90 valence electrons. The van der Waals surface area contributed by atoms with Gasteiger partial charge in [-0.15, -0.1) is 0 Å². The van der Waals surface area contributed by atoms with E-state index in [0.717, 1.165) is 25.2 Å². The molecule has 0 fully saturated rings. The number of nitrogens with zero attached hydrogens (tertiary/aromatic N) is 2. The first kappa shape index (κ1) is 11.6. The van der Waals surface area contributed by atoms with Crippen LogP contribution in [0.25, 0.3) is 0 Å². The van der Waals surface area contributed by atoms with Crippen molar-refractivity contribution in [3.63, 3.8) is 0 Å². The van der Waals surface area contributed by atoms with Gasteiger partial charge >= 0.3 is 0 Å². The molecule has 0 aromatic carbocycles. The summed E-state index contributed by atoms with van der Waals surface area (Å²) in [5, 5.41) is 3.24. The van der Waals surface area contributed by atoms with Crippen LogP contribution in [0.5, 0.6) is 0 Å². The Morgan fingerprint density at radius 2 is 2.38 bits per heavy atom. The van der Waals surface area contributed by atoms with Gasteiger partial charge in [0.15, 0.2) is 9.84 Å². The fraction of sp³-hybridized carbons (Fsp3) is 0.700. The van der Waals surface area contributed by atoms with Gasteiger partial charge in [-0.3, -0.25) is 0 Å². The Balaban J connectivity index is 2.08. The smallest absolute Gasteiger partial charge is 0.151 e. The standard InChI is InChI=1S/C10H17N3O2S/c1-2-16(14,15)6-5-13-8-12-9-7-11-4-3-10(9)13/h8,11H,2-7H2,1H3. The molecule has 1 aliphatic rings. The predicted molar refractivity (Wildman–Crippen MR) is 62.0 cm³/mol. The lowest BCUT2D eigenvalue weighted by molar-refractivity contribution is 0.578. The van der Waals surface area contributed by atoms with E-state index in [1.54, 1.807) is 13.3 Å². The molecule has 0 spiro atoms. The second-order valence-electron chi connectivity index (χ2n) is 3.99. The van der Waals surface area contributed by atoms with Gasteiger partial charge in [0.05, 0.1) is 17.8 Å². The molecule has 0 aliphatic carbocycles. The number of fused-ring (bicyclic) bond motifs is 1. The first-order chi connectivity index (χ1) is 7.62. The average Bonchev–Trinajstić information content (AvgIpc) is 2.70. The van der Waals surface area contributed by atoms with Crippen molar-refractivity contribution in [3.8, 4) is 0 Å². The number of aromatic nitrogens is 2. The van der Waals surface area contributed by atoms with E-state index in [-0.39, 0.29) is 11.5 Å². The molecular formula is C10H17N3O2S. The number of nitrogens with one attached hydrogen (secondary N) is 1. The quantitative estimate of drug-likeness (QED) is 0.806. The van der Waals surface area contributed by atoms with Gasteiger partial charge in [0.2, 0.25) is 0 Å². The minimum Gasteiger partial charge on any atom is -0.333 e. The van der Waals surface area contributed by atoms with Crippen LogP contribution < -0.4 is 5.32 Å². The second kappa shape index (κ2) is 4.55. The number of rotatable bonds is 4. The lowest BCUT2D eigenvalue weighted by Crippen LogP contribution is -2.25. The first-order valence-electron chi connectivity index (χ1n) is 5.56.